The van der Waals surface area contributed by atoms with Gasteiger partial charge in [-0.3, -0.25) is 14.9 Å². The third-order valence-electron chi connectivity index (χ3n) is 2.96. The fourth-order valence-corrected chi connectivity index (χ4v) is 1.87. The Hall–Kier alpha value is -2.47. The van der Waals surface area contributed by atoms with Crippen LogP contribution in [0, 0.1) is 10.1 Å². The predicted molar refractivity (Wildman–Crippen MR) is 73.6 cm³/mol. The first-order valence-corrected chi connectivity index (χ1v) is 6.16. The van der Waals surface area contributed by atoms with E-state index in [1.807, 2.05) is 0 Å². The Morgan fingerprint density at radius 1 is 1.35 bits per heavy atom. The van der Waals surface area contributed by atoms with Gasteiger partial charge < -0.3 is 10.0 Å². The number of rotatable bonds is 4. The third-order valence-corrected chi connectivity index (χ3v) is 2.96. The summed E-state index contributed by atoms with van der Waals surface area (Å²) in [5, 5.41) is 20.4. The SMILES string of the molecule is O=C1C=CCCN1C(O)/C=C/c1ccc([N+](=O)[O-])cc1. The molecule has 0 aliphatic carbocycles. The maximum absolute atomic E-state index is 11.5. The minimum Gasteiger partial charge on any atom is -0.370 e. The maximum Gasteiger partial charge on any atom is 0.269 e. The van der Waals surface area contributed by atoms with Crippen molar-refractivity contribution in [3.05, 3.63) is 58.2 Å². The highest BCUT2D eigenvalue weighted by atomic mass is 16.6. The second-order valence-electron chi connectivity index (χ2n) is 4.34. The number of nitro groups is 1. The molecule has 1 heterocycles. The summed E-state index contributed by atoms with van der Waals surface area (Å²) >= 11 is 0. The fraction of sp³-hybridized carbons (Fsp3) is 0.214. The lowest BCUT2D eigenvalue weighted by Gasteiger charge is -2.26. The van der Waals surface area contributed by atoms with Gasteiger partial charge in [-0.2, -0.15) is 0 Å². The van der Waals surface area contributed by atoms with Crippen molar-refractivity contribution < 1.29 is 14.8 Å². The van der Waals surface area contributed by atoms with Crippen molar-refractivity contribution in [1.82, 2.24) is 4.90 Å². The topological polar surface area (TPSA) is 83.7 Å². The molecule has 0 saturated carbocycles. The van der Waals surface area contributed by atoms with Gasteiger partial charge >= 0.3 is 0 Å². The Bertz CT molecular complexity index is 563. The summed E-state index contributed by atoms with van der Waals surface area (Å²) < 4.78 is 0. The van der Waals surface area contributed by atoms with Gasteiger partial charge in [0.1, 0.15) is 6.23 Å². The molecule has 1 amide bonds. The Morgan fingerprint density at radius 3 is 2.65 bits per heavy atom. The lowest BCUT2D eigenvalue weighted by Crippen LogP contribution is -2.40. The number of hydrogen-bond acceptors (Lipinski definition) is 4. The highest BCUT2D eigenvalue weighted by Gasteiger charge is 2.19. The number of aliphatic hydroxyl groups is 1. The molecule has 0 aromatic heterocycles. The highest BCUT2D eigenvalue weighted by molar-refractivity contribution is 5.88. The monoisotopic (exact) mass is 274 g/mol. The average molecular weight is 274 g/mol. The molecular formula is C14H14N2O4. The molecule has 104 valence electrons. The molecule has 0 fully saturated rings. The summed E-state index contributed by atoms with van der Waals surface area (Å²) in [4.78, 5) is 22.9. The number of benzene rings is 1. The quantitative estimate of drug-likeness (QED) is 0.669. The van der Waals surface area contributed by atoms with E-state index >= 15 is 0 Å². The molecular weight excluding hydrogens is 260 g/mol. The van der Waals surface area contributed by atoms with E-state index in [-0.39, 0.29) is 11.6 Å². The number of carbonyl (C=O) groups is 1. The molecule has 1 aliphatic rings. The first-order chi connectivity index (χ1) is 9.58. The molecule has 0 spiro atoms. The van der Waals surface area contributed by atoms with Crippen molar-refractivity contribution >= 4 is 17.7 Å². The van der Waals surface area contributed by atoms with Crippen LogP contribution in [0.15, 0.2) is 42.5 Å². The number of amides is 1. The van der Waals surface area contributed by atoms with Crippen LogP contribution in [-0.2, 0) is 4.79 Å². The molecule has 1 atom stereocenters. The zero-order valence-electron chi connectivity index (χ0n) is 10.7. The summed E-state index contributed by atoms with van der Waals surface area (Å²) in [6, 6.07) is 5.94. The van der Waals surface area contributed by atoms with Crippen LogP contribution in [0.5, 0.6) is 0 Å². The van der Waals surface area contributed by atoms with Crippen LogP contribution in [0.2, 0.25) is 0 Å². The molecule has 1 aromatic carbocycles. The summed E-state index contributed by atoms with van der Waals surface area (Å²) in [5.74, 6) is -0.225. The first kappa shape index (κ1) is 14.0. The van der Waals surface area contributed by atoms with E-state index in [0.29, 0.717) is 13.0 Å². The second kappa shape index (κ2) is 6.12. The molecule has 6 nitrogen and oxygen atoms in total. The van der Waals surface area contributed by atoms with Gasteiger partial charge in [0.2, 0.25) is 5.91 Å². The van der Waals surface area contributed by atoms with Crippen molar-refractivity contribution in [3.8, 4) is 0 Å². The number of hydrogen-bond donors (Lipinski definition) is 1. The molecule has 1 aromatic rings. The van der Waals surface area contributed by atoms with E-state index < -0.39 is 11.2 Å². The van der Waals surface area contributed by atoms with Crippen molar-refractivity contribution in [2.75, 3.05) is 6.54 Å². The smallest absolute Gasteiger partial charge is 0.269 e. The van der Waals surface area contributed by atoms with E-state index in [1.165, 1.54) is 29.2 Å². The fourth-order valence-electron chi connectivity index (χ4n) is 1.87. The molecule has 1 aliphatic heterocycles. The molecule has 2 rings (SSSR count). The number of carbonyl (C=O) groups excluding carboxylic acids is 1. The molecule has 1 unspecified atom stereocenters. The predicted octanol–water partition coefficient (Wildman–Crippen LogP) is 1.71. The summed E-state index contributed by atoms with van der Waals surface area (Å²) in [5.41, 5.74) is 0.730. The lowest BCUT2D eigenvalue weighted by atomic mass is 10.2. The Balaban J connectivity index is 2.03. The van der Waals surface area contributed by atoms with Crippen LogP contribution < -0.4 is 0 Å². The van der Waals surface area contributed by atoms with Gasteiger partial charge in [-0.05, 0) is 36.3 Å². The Kier molecular flexibility index (Phi) is 4.27. The van der Waals surface area contributed by atoms with E-state index in [2.05, 4.69) is 0 Å². The number of nitro benzene ring substituents is 1. The summed E-state index contributed by atoms with van der Waals surface area (Å²) in [6.07, 6.45) is 6.03. The van der Waals surface area contributed by atoms with Crippen LogP contribution in [0.25, 0.3) is 6.08 Å². The van der Waals surface area contributed by atoms with Crippen LogP contribution in [0.1, 0.15) is 12.0 Å². The maximum atomic E-state index is 11.5. The molecule has 6 heteroatoms. The number of non-ortho nitro benzene ring substituents is 1. The van der Waals surface area contributed by atoms with Gasteiger partial charge in [0.05, 0.1) is 4.92 Å². The summed E-state index contributed by atoms with van der Waals surface area (Å²) in [6.45, 7) is 0.473. The minimum atomic E-state index is -0.998. The van der Waals surface area contributed by atoms with Gasteiger partial charge in [-0.25, -0.2) is 0 Å². The van der Waals surface area contributed by atoms with Crippen molar-refractivity contribution in [3.63, 3.8) is 0 Å². The standard InChI is InChI=1S/C14H14N2O4/c17-13-3-1-2-10-15(13)14(18)9-6-11-4-7-12(8-5-11)16(19)20/h1,3-9,14,18H,2,10H2/b9-6+. The van der Waals surface area contributed by atoms with E-state index in [9.17, 15) is 20.0 Å². The molecule has 1 N–H and O–H groups in total. The van der Waals surface area contributed by atoms with Gasteiger partial charge in [-0.1, -0.05) is 12.2 Å². The first-order valence-electron chi connectivity index (χ1n) is 6.16. The number of nitrogens with zero attached hydrogens (tertiary/aromatic N) is 2. The zero-order valence-corrected chi connectivity index (χ0v) is 10.7. The van der Waals surface area contributed by atoms with E-state index in [4.69, 9.17) is 0 Å². The Morgan fingerprint density at radius 2 is 2.05 bits per heavy atom. The third kappa shape index (κ3) is 3.30. The number of aliphatic hydroxyl groups excluding tert-OH is 1. The van der Waals surface area contributed by atoms with Crippen LogP contribution in [0.4, 0.5) is 5.69 Å². The molecule has 0 radical (unpaired) electrons. The zero-order chi connectivity index (χ0) is 14.5. The molecule has 20 heavy (non-hydrogen) atoms. The van der Waals surface area contributed by atoms with Crippen LogP contribution in [-0.4, -0.2) is 33.6 Å². The van der Waals surface area contributed by atoms with Gasteiger partial charge in [0.25, 0.3) is 5.69 Å². The second-order valence-corrected chi connectivity index (χ2v) is 4.34. The Labute approximate surface area is 115 Å². The lowest BCUT2D eigenvalue weighted by molar-refractivity contribution is -0.384. The van der Waals surface area contributed by atoms with Crippen molar-refractivity contribution in [2.24, 2.45) is 0 Å². The van der Waals surface area contributed by atoms with E-state index in [1.54, 1.807) is 24.3 Å². The average Bonchev–Trinajstić information content (AvgIpc) is 2.45. The van der Waals surface area contributed by atoms with Gasteiger partial charge in [0.15, 0.2) is 0 Å². The molecule has 0 bridgehead atoms. The van der Waals surface area contributed by atoms with Gasteiger partial charge in [-0.15, -0.1) is 0 Å². The van der Waals surface area contributed by atoms with E-state index in [0.717, 1.165) is 5.56 Å². The normalized spacial score (nSPS) is 16.6. The minimum absolute atomic E-state index is 0.0130. The van der Waals surface area contributed by atoms with Crippen molar-refractivity contribution in [2.45, 2.75) is 12.6 Å². The molecule has 0 saturated heterocycles. The van der Waals surface area contributed by atoms with Crippen LogP contribution in [0.3, 0.4) is 0 Å². The summed E-state index contributed by atoms with van der Waals surface area (Å²) in [7, 11) is 0. The van der Waals surface area contributed by atoms with Gasteiger partial charge in [0, 0.05) is 18.7 Å². The van der Waals surface area contributed by atoms with Crippen LogP contribution >= 0.6 is 0 Å². The highest BCUT2D eigenvalue weighted by Crippen LogP contribution is 2.14. The largest absolute Gasteiger partial charge is 0.370 e. The van der Waals surface area contributed by atoms with Crippen molar-refractivity contribution in [1.29, 1.82) is 0 Å².